The fourth-order valence-electron chi connectivity index (χ4n) is 3.06. The van der Waals surface area contributed by atoms with E-state index >= 15 is 0 Å². The van der Waals surface area contributed by atoms with Crippen LogP contribution in [0.25, 0.3) is 5.69 Å². The summed E-state index contributed by atoms with van der Waals surface area (Å²) in [6.07, 6.45) is 1.11. The number of nitrogens with zero attached hydrogens (tertiary/aromatic N) is 2. The molecule has 1 aliphatic carbocycles. The maximum atomic E-state index is 5.98. The van der Waals surface area contributed by atoms with E-state index in [2.05, 4.69) is 41.4 Å². The molecule has 0 saturated heterocycles. The number of rotatable bonds is 3. The van der Waals surface area contributed by atoms with E-state index in [1.807, 2.05) is 28.8 Å². The summed E-state index contributed by atoms with van der Waals surface area (Å²) in [7, 11) is 0. The second-order valence-corrected chi connectivity index (χ2v) is 6.88. The van der Waals surface area contributed by atoms with E-state index in [0.717, 1.165) is 17.9 Å². The van der Waals surface area contributed by atoms with Crippen LogP contribution in [-0.2, 0) is 0 Å². The van der Waals surface area contributed by atoms with Gasteiger partial charge in [-0.15, -0.1) is 0 Å². The molecule has 0 aliphatic heterocycles. The monoisotopic (exact) mass is 341 g/mol. The summed E-state index contributed by atoms with van der Waals surface area (Å²) in [6.45, 7) is 2.11. The highest BCUT2D eigenvalue weighted by atomic mass is 35.5. The lowest BCUT2D eigenvalue weighted by atomic mass is 10.1. The van der Waals surface area contributed by atoms with Gasteiger partial charge in [0.25, 0.3) is 0 Å². The van der Waals surface area contributed by atoms with Gasteiger partial charge in [-0.3, -0.25) is 9.67 Å². The average molecular weight is 342 g/mol. The Morgan fingerprint density at radius 2 is 1.78 bits per heavy atom. The van der Waals surface area contributed by atoms with Crippen LogP contribution in [0.5, 0.6) is 0 Å². The highest BCUT2D eigenvalue weighted by molar-refractivity contribution is 7.71. The summed E-state index contributed by atoms with van der Waals surface area (Å²) < 4.78 is 2.64. The number of H-pyrrole nitrogens is 1. The van der Waals surface area contributed by atoms with Crippen molar-refractivity contribution in [2.24, 2.45) is 0 Å². The molecular weight excluding hydrogens is 326 g/mol. The van der Waals surface area contributed by atoms with E-state index in [-0.39, 0.29) is 0 Å². The van der Waals surface area contributed by atoms with E-state index in [9.17, 15) is 0 Å². The van der Waals surface area contributed by atoms with Crippen LogP contribution in [0.2, 0.25) is 5.02 Å². The lowest BCUT2D eigenvalue weighted by Gasteiger charge is -2.07. The Hall–Kier alpha value is -1.91. The summed E-state index contributed by atoms with van der Waals surface area (Å²) in [6, 6.07) is 16.5. The Kier molecular flexibility index (Phi) is 3.58. The summed E-state index contributed by atoms with van der Waals surface area (Å²) in [5, 5.41) is 8.14. The van der Waals surface area contributed by atoms with Gasteiger partial charge in [0, 0.05) is 16.6 Å². The Labute approximate surface area is 144 Å². The molecule has 0 unspecified atom stereocenters. The number of hydrogen-bond acceptors (Lipinski definition) is 2. The topological polar surface area (TPSA) is 33.6 Å². The molecule has 5 heteroatoms. The number of hydrogen-bond donors (Lipinski definition) is 1. The normalized spacial score (nSPS) is 19.7. The van der Waals surface area contributed by atoms with Crippen molar-refractivity contribution in [1.82, 2.24) is 14.8 Å². The predicted molar refractivity (Wildman–Crippen MR) is 95.0 cm³/mol. The minimum Gasteiger partial charge on any atom is -0.272 e. The predicted octanol–water partition coefficient (Wildman–Crippen LogP) is 5.16. The third-order valence-electron chi connectivity index (χ3n) is 4.41. The van der Waals surface area contributed by atoms with Crippen molar-refractivity contribution in [3.8, 4) is 5.69 Å². The molecular formula is C18H16ClN3S. The summed E-state index contributed by atoms with van der Waals surface area (Å²) in [4.78, 5) is 0. The largest absolute Gasteiger partial charge is 0.272 e. The van der Waals surface area contributed by atoms with E-state index < -0.39 is 0 Å². The van der Waals surface area contributed by atoms with Crippen molar-refractivity contribution in [2.75, 3.05) is 0 Å². The van der Waals surface area contributed by atoms with Crippen LogP contribution in [-0.4, -0.2) is 14.8 Å². The van der Waals surface area contributed by atoms with Crippen LogP contribution >= 0.6 is 23.8 Å². The molecule has 1 N–H and O–H groups in total. The van der Waals surface area contributed by atoms with Crippen molar-refractivity contribution >= 4 is 23.8 Å². The summed E-state index contributed by atoms with van der Waals surface area (Å²) in [5.74, 6) is 1.93. The highest BCUT2D eigenvalue weighted by Gasteiger charge is 2.43. The smallest absolute Gasteiger partial charge is 0.199 e. The standard InChI is InChI=1S/C18H16ClN3S/c1-11-2-4-12(5-3-11)15-10-16(15)17-20-21-18(23)22(17)14-8-6-13(19)7-9-14/h2-9,15-16H,10H2,1H3,(H,21,23)/t15-,16-/m1/s1. The minimum atomic E-state index is 0.404. The van der Waals surface area contributed by atoms with Gasteiger partial charge >= 0.3 is 0 Å². The zero-order chi connectivity index (χ0) is 16.0. The number of nitrogens with one attached hydrogen (secondary N) is 1. The molecule has 1 fully saturated rings. The highest BCUT2D eigenvalue weighted by Crippen LogP contribution is 2.54. The number of aromatic amines is 1. The molecule has 23 heavy (non-hydrogen) atoms. The second kappa shape index (κ2) is 5.62. The lowest BCUT2D eigenvalue weighted by Crippen LogP contribution is -2.01. The molecule has 1 aromatic heterocycles. The molecule has 4 rings (SSSR count). The Morgan fingerprint density at radius 3 is 2.48 bits per heavy atom. The summed E-state index contributed by atoms with van der Waals surface area (Å²) in [5.41, 5.74) is 3.66. The molecule has 1 saturated carbocycles. The zero-order valence-electron chi connectivity index (χ0n) is 12.7. The lowest BCUT2D eigenvalue weighted by molar-refractivity contribution is 0.846. The first-order valence-corrected chi connectivity index (χ1v) is 8.42. The molecule has 3 nitrogen and oxygen atoms in total. The number of aromatic nitrogens is 3. The van der Waals surface area contributed by atoms with Gasteiger partial charge in [-0.2, -0.15) is 5.10 Å². The second-order valence-electron chi connectivity index (χ2n) is 6.06. The van der Waals surface area contributed by atoms with Crippen molar-refractivity contribution < 1.29 is 0 Å². The molecule has 1 aliphatic rings. The molecule has 2 atom stereocenters. The Balaban J connectivity index is 1.68. The maximum Gasteiger partial charge on any atom is 0.199 e. The Morgan fingerprint density at radius 1 is 1.09 bits per heavy atom. The third kappa shape index (κ3) is 2.73. The van der Waals surface area contributed by atoms with E-state index in [1.54, 1.807) is 0 Å². The van der Waals surface area contributed by atoms with Gasteiger partial charge in [0.15, 0.2) is 4.77 Å². The van der Waals surface area contributed by atoms with Crippen LogP contribution in [0.1, 0.15) is 35.2 Å². The van der Waals surface area contributed by atoms with Gasteiger partial charge in [0.1, 0.15) is 5.82 Å². The van der Waals surface area contributed by atoms with Crippen LogP contribution in [0, 0.1) is 11.7 Å². The fourth-order valence-corrected chi connectivity index (χ4v) is 3.43. The van der Waals surface area contributed by atoms with Crippen molar-refractivity contribution in [1.29, 1.82) is 0 Å². The van der Waals surface area contributed by atoms with Gasteiger partial charge in [0.05, 0.1) is 0 Å². The third-order valence-corrected chi connectivity index (χ3v) is 4.94. The quantitative estimate of drug-likeness (QED) is 0.667. The first kappa shape index (κ1) is 14.7. The first-order chi connectivity index (χ1) is 11.1. The van der Waals surface area contributed by atoms with Gasteiger partial charge in [-0.25, -0.2) is 0 Å². The van der Waals surface area contributed by atoms with Crippen LogP contribution in [0.15, 0.2) is 48.5 Å². The van der Waals surface area contributed by atoms with E-state index in [0.29, 0.717) is 21.6 Å². The maximum absolute atomic E-state index is 5.98. The molecule has 1 heterocycles. The average Bonchev–Trinajstić information content (AvgIpc) is 3.25. The van der Waals surface area contributed by atoms with Crippen molar-refractivity contribution in [3.05, 3.63) is 75.3 Å². The number of aryl methyl sites for hydroxylation is 1. The molecule has 0 amide bonds. The Bertz CT molecular complexity index is 893. The first-order valence-electron chi connectivity index (χ1n) is 7.63. The minimum absolute atomic E-state index is 0.404. The molecule has 2 aromatic carbocycles. The van der Waals surface area contributed by atoms with E-state index in [1.165, 1.54) is 11.1 Å². The molecule has 0 spiro atoms. The van der Waals surface area contributed by atoms with Gasteiger partial charge in [-0.1, -0.05) is 41.4 Å². The number of halogens is 1. The van der Waals surface area contributed by atoms with Gasteiger partial charge < -0.3 is 0 Å². The molecule has 3 aromatic rings. The molecule has 0 radical (unpaired) electrons. The SMILES string of the molecule is Cc1ccc([C@H]2C[C@H]2c2n[nH]c(=S)n2-c2ccc(Cl)cc2)cc1. The molecule has 116 valence electrons. The van der Waals surface area contributed by atoms with Crippen LogP contribution in [0.4, 0.5) is 0 Å². The fraction of sp³-hybridized carbons (Fsp3) is 0.222. The van der Waals surface area contributed by atoms with Crippen molar-refractivity contribution in [2.45, 2.75) is 25.2 Å². The van der Waals surface area contributed by atoms with Crippen molar-refractivity contribution in [3.63, 3.8) is 0 Å². The van der Waals surface area contributed by atoms with Gasteiger partial charge in [0.2, 0.25) is 0 Å². The number of benzene rings is 2. The zero-order valence-corrected chi connectivity index (χ0v) is 14.2. The van der Waals surface area contributed by atoms with Gasteiger partial charge in [-0.05, 0) is 61.3 Å². The molecule has 0 bridgehead atoms. The summed E-state index contributed by atoms with van der Waals surface area (Å²) >= 11 is 11.4. The van der Waals surface area contributed by atoms with Crippen LogP contribution in [0.3, 0.4) is 0 Å². The van der Waals surface area contributed by atoms with E-state index in [4.69, 9.17) is 23.8 Å². The van der Waals surface area contributed by atoms with Crippen LogP contribution < -0.4 is 0 Å².